The Morgan fingerprint density at radius 3 is 2.16 bits per heavy atom. The number of Topliss-reactive ketones (excluding diaryl/α,β-unsaturated/α-hetero) is 1. The molecule has 4 nitrogen and oxygen atoms in total. The van der Waals surface area contributed by atoms with Gasteiger partial charge < -0.3 is 4.84 Å². The quantitative estimate of drug-likeness (QED) is 0.546. The molecule has 4 rings (SSSR count). The Balaban J connectivity index is 1.60. The Labute approximate surface area is 150 Å². The van der Waals surface area contributed by atoms with Gasteiger partial charge in [-0.25, -0.2) is 4.79 Å². The van der Waals surface area contributed by atoms with Crippen LogP contribution in [0.25, 0.3) is 0 Å². The van der Waals surface area contributed by atoms with E-state index in [0.717, 1.165) is 31.4 Å². The second-order valence-electron chi connectivity index (χ2n) is 10.5. The number of oxime groups is 1. The van der Waals surface area contributed by atoms with Crippen LogP contribution >= 0.6 is 0 Å². The maximum atomic E-state index is 13.1. The predicted molar refractivity (Wildman–Crippen MR) is 95.9 cm³/mol. The van der Waals surface area contributed by atoms with E-state index in [1.807, 2.05) is 6.92 Å². The van der Waals surface area contributed by atoms with Gasteiger partial charge in [0.25, 0.3) is 0 Å². The number of carbonyl (C=O) groups is 2. The van der Waals surface area contributed by atoms with Crippen LogP contribution in [-0.4, -0.2) is 17.5 Å². The van der Waals surface area contributed by atoms with Crippen molar-refractivity contribution in [2.45, 2.75) is 80.1 Å². The summed E-state index contributed by atoms with van der Waals surface area (Å²) in [5.41, 5.74) is -0.185. The lowest BCUT2D eigenvalue weighted by atomic mass is 9.65. The standard InChI is InChI=1S/C21H31NO3/c1-17(2)13-7-8-19(17,5)14(11-13)22-25-16(24)21-10-9-20(6,15(23)12-21)18(21,3)4/h13H,7-12H2,1-6H3/b22-14-/t13-,19+,20+,21+/m0/s1. The van der Waals surface area contributed by atoms with Gasteiger partial charge in [0.05, 0.1) is 11.1 Å². The average Bonchev–Trinajstić information content (AvgIpc) is 3.02. The van der Waals surface area contributed by atoms with E-state index in [1.54, 1.807) is 0 Å². The Bertz CT molecular complexity index is 706. The summed E-state index contributed by atoms with van der Waals surface area (Å²) in [5.74, 6) is 0.553. The van der Waals surface area contributed by atoms with Crippen molar-refractivity contribution in [1.82, 2.24) is 0 Å². The van der Waals surface area contributed by atoms with Gasteiger partial charge in [0.2, 0.25) is 0 Å². The fraction of sp³-hybridized carbons (Fsp3) is 0.857. The molecule has 4 fully saturated rings. The van der Waals surface area contributed by atoms with E-state index in [4.69, 9.17) is 4.84 Å². The molecule has 4 bridgehead atoms. The number of rotatable bonds is 2. The second-order valence-corrected chi connectivity index (χ2v) is 10.5. The zero-order valence-electron chi connectivity index (χ0n) is 16.5. The van der Waals surface area contributed by atoms with E-state index in [0.29, 0.717) is 12.3 Å². The van der Waals surface area contributed by atoms with E-state index in [9.17, 15) is 9.59 Å². The van der Waals surface area contributed by atoms with Crippen molar-refractivity contribution in [1.29, 1.82) is 0 Å². The molecule has 0 aliphatic heterocycles. The first kappa shape index (κ1) is 17.2. The number of hydrogen-bond donors (Lipinski definition) is 0. The van der Waals surface area contributed by atoms with Crippen molar-refractivity contribution in [2.24, 2.45) is 38.1 Å². The van der Waals surface area contributed by atoms with E-state index in [2.05, 4.69) is 39.8 Å². The third-order valence-corrected chi connectivity index (χ3v) is 9.85. The van der Waals surface area contributed by atoms with Gasteiger partial charge in [-0.2, -0.15) is 0 Å². The molecule has 4 aliphatic rings. The van der Waals surface area contributed by atoms with Crippen LogP contribution in [0, 0.1) is 33.0 Å². The Morgan fingerprint density at radius 1 is 1.04 bits per heavy atom. The van der Waals surface area contributed by atoms with Crippen LogP contribution in [0.4, 0.5) is 0 Å². The first-order valence-electron chi connectivity index (χ1n) is 9.75. The number of fused-ring (bicyclic) bond motifs is 4. The Kier molecular flexibility index (Phi) is 3.14. The minimum Gasteiger partial charge on any atom is -0.318 e. The molecule has 0 N–H and O–H groups in total. The van der Waals surface area contributed by atoms with Crippen LogP contribution in [0.5, 0.6) is 0 Å². The van der Waals surface area contributed by atoms with E-state index < -0.39 is 10.8 Å². The minimum atomic E-state index is -0.697. The third-order valence-electron chi connectivity index (χ3n) is 9.85. The lowest BCUT2D eigenvalue weighted by Gasteiger charge is -2.37. The molecule has 0 unspecified atom stereocenters. The zero-order valence-corrected chi connectivity index (χ0v) is 16.5. The summed E-state index contributed by atoms with van der Waals surface area (Å²) >= 11 is 0. The molecule has 0 amide bonds. The summed E-state index contributed by atoms with van der Waals surface area (Å²) in [6, 6.07) is 0. The van der Waals surface area contributed by atoms with Gasteiger partial charge in [-0.05, 0) is 48.9 Å². The molecule has 0 aromatic heterocycles. The molecule has 4 saturated carbocycles. The van der Waals surface area contributed by atoms with Crippen LogP contribution in [0.15, 0.2) is 5.16 Å². The van der Waals surface area contributed by atoms with Crippen molar-refractivity contribution in [3.8, 4) is 0 Å². The van der Waals surface area contributed by atoms with Crippen molar-refractivity contribution < 1.29 is 14.4 Å². The Hall–Kier alpha value is -1.19. The lowest BCUT2D eigenvalue weighted by Crippen LogP contribution is -2.41. The molecule has 0 radical (unpaired) electrons. The first-order valence-corrected chi connectivity index (χ1v) is 9.75. The van der Waals surface area contributed by atoms with Crippen molar-refractivity contribution in [2.75, 3.05) is 0 Å². The average molecular weight is 345 g/mol. The normalized spacial score (nSPS) is 47.7. The molecule has 138 valence electrons. The van der Waals surface area contributed by atoms with Gasteiger partial charge >= 0.3 is 5.97 Å². The van der Waals surface area contributed by atoms with Gasteiger partial charge in [0.1, 0.15) is 5.78 Å². The molecule has 0 aromatic carbocycles. The van der Waals surface area contributed by atoms with E-state index >= 15 is 0 Å². The summed E-state index contributed by atoms with van der Waals surface area (Å²) in [5, 5.41) is 4.40. The van der Waals surface area contributed by atoms with Crippen molar-refractivity contribution in [3.05, 3.63) is 0 Å². The molecular formula is C21H31NO3. The van der Waals surface area contributed by atoms with Gasteiger partial charge in [-0.15, -0.1) is 0 Å². The highest BCUT2D eigenvalue weighted by molar-refractivity contribution is 5.98. The number of carbonyl (C=O) groups excluding carboxylic acids is 2. The highest BCUT2D eigenvalue weighted by Gasteiger charge is 2.73. The fourth-order valence-electron chi connectivity index (χ4n) is 6.56. The van der Waals surface area contributed by atoms with Crippen LogP contribution in [0.3, 0.4) is 0 Å². The van der Waals surface area contributed by atoms with Crippen LogP contribution in [-0.2, 0) is 14.4 Å². The fourth-order valence-corrected chi connectivity index (χ4v) is 6.56. The number of nitrogens with zero attached hydrogens (tertiary/aromatic N) is 1. The monoisotopic (exact) mass is 345 g/mol. The second kappa shape index (κ2) is 4.55. The first-order chi connectivity index (χ1) is 11.4. The molecule has 0 aromatic rings. The highest BCUT2D eigenvalue weighted by atomic mass is 16.7. The van der Waals surface area contributed by atoms with Crippen LogP contribution < -0.4 is 0 Å². The summed E-state index contributed by atoms with van der Waals surface area (Å²) in [6.45, 7) is 13.0. The van der Waals surface area contributed by atoms with Crippen molar-refractivity contribution in [3.63, 3.8) is 0 Å². The maximum Gasteiger partial charge on any atom is 0.342 e. The summed E-state index contributed by atoms with van der Waals surface area (Å²) in [6.07, 6.45) is 5.11. The molecular weight excluding hydrogens is 314 g/mol. The molecule has 4 aliphatic carbocycles. The maximum absolute atomic E-state index is 13.1. The Morgan fingerprint density at radius 2 is 1.72 bits per heavy atom. The molecule has 4 atom stereocenters. The predicted octanol–water partition coefficient (Wildman–Crippen LogP) is 4.52. The summed E-state index contributed by atoms with van der Waals surface area (Å²) in [4.78, 5) is 31.2. The number of hydrogen-bond acceptors (Lipinski definition) is 4. The smallest absolute Gasteiger partial charge is 0.318 e. The van der Waals surface area contributed by atoms with Crippen LogP contribution in [0.2, 0.25) is 0 Å². The van der Waals surface area contributed by atoms with Crippen LogP contribution in [0.1, 0.15) is 80.1 Å². The van der Waals surface area contributed by atoms with Gasteiger partial charge in [-0.3, -0.25) is 4.79 Å². The van der Waals surface area contributed by atoms with Gasteiger partial charge in [-0.1, -0.05) is 46.7 Å². The minimum absolute atomic E-state index is 0.0286. The molecule has 25 heavy (non-hydrogen) atoms. The summed E-state index contributed by atoms with van der Waals surface area (Å²) in [7, 11) is 0. The highest BCUT2D eigenvalue weighted by Crippen LogP contribution is 2.71. The van der Waals surface area contributed by atoms with E-state index in [1.165, 1.54) is 6.42 Å². The lowest BCUT2D eigenvalue weighted by molar-refractivity contribution is -0.162. The molecule has 0 heterocycles. The topological polar surface area (TPSA) is 55.7 Å². The zero-order chi connectivity index (χ0) is 18.5. The molecule has 0 saturated heterocycles. The molecule has 0 spiro atoms. The third kappa shape index (κ3) is 1.67. The molecule has 4 heteroatoms. The van der Waals surface area contributed by atoms with E-state index in [-0.39, 0.29) is 28.0 Å². The largest absolute Gasteiger partial charge is 0.342 e. The summed E-state index contributed by atoms with van der Waals surface area (Å²) < 4.78 is 0. The SMILES string of the molecule is CC1(C)[C@]2(C(=O)O/N=C3/C[C@@H]4CC[C@@]3(C)C4(C)C)CC[C@]1(C)C(=O)C2. The number of ketones is 1. The van der Waals surface area contributed by atoms with Gasteiger partial charge in [0, 0.05) is 17.3 Å². The van der Waals surface area contributed by atoms with Crippen molar-refractivity contribution >= 4 is 17.5 Å². The van der Waals surface area contributed by atoms with Gasteiger partial charge in [0.15, 0.2) is 0 Å².